The van der Waals surface area contributed by atoms with Gasteiger partial charge in [-0.05, 0) is 17.7 Å². The lowest BCUT2D eigenvalue weighted by atomic mass is 10.2. The van der Waals surface area contributed by atoms with Crippen LogP contribution in [-0.4, -0.2) is 20.2 Å². The second kappa shape index (κ2) is 3.32. The van der Waals surface area contributed by atoms with E-state index < -0.39 is 0 Å². The maximum absolute atomic E-state index is 5.84. The standard InChI is InChI=1S/C7H4Cl2N4/c8-6-4(3-10-7(9)12-6)5-1-2-11-13-5/h1-3H,(H,11,13). The van der Waals surface area contributed by atoms with E-state index in [1.165, 1.54) is 0 Å². The third kappa shape index (κ3) is 1.64. The van der Waals surface area contributed by atoms with E-state index in [9.17, 15) is 0 Å². The number of hydrogen-bond acceptors (Lipinski definition) is 3. The summed E-state index contributed by atoms with van der Waals surface area (Å²) in [7, 11) is 0. The first kappa shape index (κ1) is 8.47. The molecule has 0 aliphatic heterocycles. The van der Waals surface area contributed by atoms with Gasteiger partial charge in [0.15, 0.2) is 0 Å². The zero-order chi connectivity index (χ0) is 9.26. The number of nitrogens with zero attached hydrogens (tertiary/aromatic N) is 3. The Balaban J connectivity index is 2.53. The third-order valence-electron chi connectivity index (χ3n) is 1.50. The van der Waals surface area contributed by atoms with Crippen LogP contribution in [0.3, 0.4) is 0 Å². The van der Waals surface area contributed by atoms with Gasteiger partial charge in [-0.3, -0.25) is 5.10 Å². The topological polar surface area (TPSA) is 54.5 Å². The Labute approximate surface area is 83.9 Å². The molecule has 0 radical (unpaired) electrons. The van der Waals surface area contributed by atoms with Gasteiger partial charge in [0.05, 0.1) is 11.3 Å². The van der Waals surface area contributed by atoms with Crippen molar-refractivity contribution in [1.29, 1.82) is 0 Å². The van der Waals surface area contributed by atoms with Crippen molar-refractivity contribution in [3.05, 3.63) is 28.9 Å². The minimum atomic E-state index is 0.133. The molecule has 2 heterocycles. The predicted octanol–water partition coefficient (Wildman–Crippen LogP) is 2.17. The molecule has 0 atom stereocenters. The SMILES string of the molecule is Clc1ncc(-c2ccn[nH]2)c(Cl)n1. The number of aromatic amines is 1. The molecule has 0 aliphatic rings. The van der Waals surface area contributed by atoms with Crippen LogP contribution in [0.1, 0.15) is 0 Å². The fourth-order valence-electron chi connectivity index (χ4n) is 0.928. The Bertz CT molecular complexity index is 412. The van der Waals surface area contributed by atoms with Crippen molar-refractivity contribution in [3.8, 4) is 11.3 Å². The van der Waals surface area contributed by atoms with Crippen molar-refractivity contribution >= 4 is 23.2 Å². The number of halogens is 2. The quantitative estimate of drug-likeness (QED) is 0.585. The average Bonchev–Trinajstić information content (AvgIpc) is 2.56. The summed E-state index contributed by atoms with van der Waals surface area (Å²) in [4.78, 5) is 7.62. The molecule has 0 bridgehead atoms. The van der Waals surface area contributed by atoms with Gasteiger partial charge in [0.25, 0.3) is 0 Å². The summed E-state index contributed by atoms with van der Waals surface area (Å²) >= 11 is 11.4. The Morgan fingerprint density at radius 2 is 2.15 bits per heavy atom. The molecule has 0 spiro atoms. The molecular weight excluding hydrogens is 211 g/mol. The minimum absolute atomic E-state index is 0.133. The first-order valence-corrected chi connectivity index (χ1v) is 4.21. The maximum atomic E-state index is 5.84. The van der Waals surface area contributed by atoms with Crippen molar-refractivity contribution in [1.82, 2.24) is 20.2 Å². The molecule has 0 saturated carbocycles. The minimum Gasteiger partial charge on any atom is -0.278 e. The van der Waals surface area contributed by atoms with Crippen molar-refractivity contribution in [3.63, 3.8) is 0 Å². The summed E-state index contributed by atoms with van der Waals surface area (Å²) in [6.07, 6.45) is 3.17. The average molecular weight is 215 g/mol. The van der Waals surface area contributed by atoms with Crippen LogP contribution in [-0.2, 0) is 0 Å². The van der Waals surface area contributed by atoms with Gasteiger partial charge < -0.3 is 0 Å². The van der Waals surface area contributed by atoms with Crippen LogP contribution in [0.4, 0.5) is 0 Å². The summed E-state index contributed by atoms with van der Waals surface area (Å²) in [6.45, 7) is 0. The van der Waals surface area contributed by atoms with Gasteiger partial charge in [-0.2, -0.15) is 5.10 Å². The molecule has 0 aromatic carbocycles. The molecule has 0 unspecified atom stereocenters. The summed E-state index contributed by atoms with van der Waals surface area (Å²) in [5.74, 6) is 0. The van der Waals surface area contributed by atoms with Gasteiger partial charge in [0.1, 0.15) is 5.15 Å². The van der Waals surface area contributed by atoms with E-state index in [1.54, 1.807) is 18.5 Å². The summed E-state index contributed by atoms with van der Waals surface area (Å²) in [5.41, 5.74) is 1.45. The maximum Gasteiger partial charge on any atom is 0.223 e. The molecule has 0 saturated heterocycles. The molecular formula is C7H4Cl2N4. The largest absolute Gasteiger partial charge is 0.278 e. The fraction of sp³-hybridized carbons (Fsp3) is 0. The van der Waals surface area contributed by atoms with E-state index in [-0.39, 0.29) is 5.28 Å². The van der Waals surface area contributed by atoms with Gasteiger partial charge in [-0.1, -0.05) is 11.6 Å². The van der Waals surface area contributed by atoms with Crippen LogP contribution in [0.25, 0.3) is 11.3 Å². The van der Waals surface area contributed by atoms with Crippen LogP contribution < -0.4 is 0 Å². The van der Waals surface area contributed by atoms with Crippen LogP contribution in [0.2, 0.25) is 10.4 Å². The Kier molecular flexibility index (Phi) is 2.16. The summed E-state index contributed by atoms with van der Waals surface area (Å²) < 4.78 is 0. The molecule has 0 amide bonds. The van der Waals surface area contributed by atoms with Crippen molar-refractivity contribution < 1.29 is 0 Å². The van der Waals surface area contributed by atoms with Gasteiger partial charge in [0.2, 0.25) is 5.28 Å². The van der Waals surface area contributed by atoms with E-state index >= 15 is 0 Å². The first-order valence-electron chi connectivity index (χ1n) is 3.45. The molecule has 6 heteroatoms. The number of nitrogens with one attached hydrogen (secondary N) is 1. The predicted molar refractivity (Wildman–Crippen MR) is 49.6 cm³/mol. The highest BCUT2D eigenvalue weighted by atomic mass is 35.5. The van der Waals surface area contributed by atoms with E-state index in [0.29, 0.717) is 10.7 Å². The smallest absolute Gasteiger partial charge is 0.223 e. The normalized spacial score (nSPS) is 10.3. The zero-order valence-corrected chi connectivity index (χ0v) is 7.84. The Hall–Kier alpha value is -1.13. The van der Waals surface area contributed by atoms with E-state index in [4.69, 9.17) is 23.2 Å². The number of aromatic nitrogens is 4. The highest BCUT2D eigenvalue weighted by Gasteiger charge is 2.06. The molecule has 4 nitrogen and oxygen atoms in total. The molecule has 0 fully saturated rings. The highest BCUT2D eigenvalue weighted by molar-refractivity contribution is 6.33. The molecule has 2 aromatic heterocycles. The van der Waals surface area contributed by atoms with Crippen molar-refractivity contribution in [2.45, 2.75) is 0 Å². The monoisotopic (exact) mass is 214 g/mol. The van der Waals surface area contributed by atoms with Gasteiger partial charge >= 0.3 is 0 Å². The molecule has 2 rings (SSSR count). The molecule has 0 aliphatic carbocycles. The lowest BCUT2D eigenvalue weighted by molar-refractivity contribution is 1.08. The number of H-pyrrole nitrogens is 1. The fourth-order valence-corrected chi connectivity index (χ4v) is 1.33. The summed E-state index contributed by atoms with van der Waals surface area (Å²) in [6, 6.07) is 1.78. The molecule has 1 N–H and O–H groups in total. The lowest BCUT2D eigenvalue weighted by Crippen LogP contribution is -1.87. The van der Waals surface area contributed by atoms with E-state index in [2.05, 4.69) is 20.2 Å². The number of hydrogen-bond donors (Lipinski definition) is 1. The molecule has 66 valence electrons. The number of rotatable bonds is 1. The van der Waals surface area contributed by atoms with Crippen molar-refractivity contribution in [2.24, 2.45) is 0 Å². The second-order valence-electron chi connectivity index (χ2n) is 2.31. The summed E-state index contributed by atoms with van der Waals surface area (Å²) in [5, 5.41) is 6.99. The molecule has 13 heavy (non-hydrogen) atoms. The van der Waals surface area contributed by atoms with E-state index in [0.717, 1.165) is 5.69 Å². The van der Waals surface area contributed by atoms with Crippen molar-refractivity contribution in [2.75, 3.05) is 0 Å². The third-order valence-corrected chi connectivity index (χ3v) is 1.97. The van der Waals surface area contributed by atoms with Crippen LogP contribution in [0.5, 0.6) is 0 Å². The first-order chi connectivity index (χ1) is 6.27. The van der Waals surface area contributed by atoms with Gasteiger partial charge in [0, 0.05) is 12.4 Å². The lowest BCUT2D eigenvalue weighted by Gasteiger charge is -1.98. The van der Waals surface area contributed by atoms with Crippen LogP contribution in [0.15, 0.2) is 18.5 Å². The van der Waals surface area contributed by atoms with E-state index in [1.807, 2.05) is 0 Å². The Morgan fingerprint density at radius 1 is 1.31 bits per heavy atom. The van der Waals surface area contributed by atoms with Gasteiger partial charge in [-0.15, -0.1) is 0 Å². The second-order valence-corrected chi connectivity index (χ2v) is 3.01. The molecule has 2 aromatic rings. The Morgan fingerprint density at radius 3 is 2.77 bits per heavy atom. The highest BCUT2D eigenvalue weighted by Crippen LogP contribution is 2.23. The zero-order valence-electron chi connectivity index (χ0n) is 6.33. The van der Waals surface area contributed by atoms with Crippen LogP contribution in [0, 0.1) is 0 Å². The van der Waals surface area contributed by atoms with Crippen LogP contribution >= 0.6 is 23.2 Å². The van der Waals surface area contributed by atoms with Gasteiger partial charge in [-0.25, -0.2) is 9.97 Å².